The second-order valence-electron chi connectivity index (χ2n) is 5.04. The normalized spacial score (nSPS) is 11.7. The summed E-state index contributed by atoms with van der Waals surface area (Å²) >= 11 is 0. The summed E-state index contributed by atoms with van der Waals surface area (Å²) in [5.74, 6) is 0.765. The highest BCUT2D eigenvalue weighted by molar-refractivity contribution is 5.61. The number of nitrogens with zero attached hydrogens (tertiary/aromatic N) is 1. The van der Waals surface area contributed by atoms with Gasteiger partial charge in [-0.3, -0.25) is 10.1 Å². The van der Waals surface area contributed by atoms with Gasteiger partial charge in [0.05, 0.1) is 11.0 Å². The number of anilines is 1. The maximum Gasteiger partial charge on any atom is 0.292 e. The second kappa shape index (κ2) is 7.42. The van der Waals surface area contributed by atoms with E-state index in [9.17, 15) is 10.1 Å². The number of benzene rings is 2. The third kappa shape index (κ3) is 4.46. The van der Waals surface area contributed by atoms with E-state index in [0.29, 0.717) is 18.8 Å². The molecule has 2 aromatic rings. The van der Waals surface area contributed by atoms with Crippen LogP contribution in [-0.4, -0.2) is 24.1 Å². The molecule has 2 aromatic carbocycles. The third-order valence-electron chi connectivity index (χ3n) is 3.11. The molecular formula is C16H19N3O3. The lowest BCUT2D eigenvalue weighted by atomic mass is 10.2. The van der Waals surface area contributed by atoms with Gasteiger partial charge >= 0.3 is 0 Å². The minimum Gasteiger partial charge on any atom is -0.492 e. The Kier molecular flexibility index (Phi) is 5.32. The van der Waals surface area contributed by atoms with E-state index in [1.54, 1.807) is 18.2 Å². The Bertz CT molecular complexity index is 646. The number of nitro benzene ring substituents is 1. The van der Waals surface area contributed by atoms with Crippen molar-refractivity contribution in [2.45, 2.75) is 13.0 Å². The summed E-state index contributed by atoms with van der Waals surface area (Å²) in [4.78, 5) is 10.5. The Hall–Kier alpha value is -2.60. The van der Waals surface area contributed by atoms with Crippen LogP contribution in [0.2, 0.25) is 0 Å². The van der Waals surface area contributed by atoms with Gasteiger partial charge in [-0.15, -0.1) is 0 Å². The van der Waals surface area contributed by atoms with Crippen molar-refractivity contribution in [3.8, 4) is 5.75 Å². The first-order valence-corrected chi connectivity index (χ1v) is 6.98. The van der Waals surface area contributed by atoms with Crippen LogP contribution in [-0.2, 0) is 0 Å². The zero-order valence-corrected chi connectivity index (χ0v) is 12.4. The lowest BCUT2D eigenvalue weighted by molar-refractivity contribution is -0.384. The standard InChI is InChI=1S/C16H19N3O3/c1-12-5-4-6-14(9-12)22-11-13(17)10-18-15-7-2-3-8-16(15)19(20)21/h2-9,13,18H,10-11,17H2,1H3. The highest BCUT2D eigenvalue weighted by Gasteiger charge is 2.13. The maximum absolute atomic E-state index is 10.9. The van der Waals surface area contributed by atoms with Gasteiger partial charge in [-0.2, -0.15) is 0 Å². The van der Waals surface area contributed by atoms with E-state index in [-0.39, 0.29) is 11.7 Å². The van der Waals surface area contributed by atoms with Crippen molar-refractivity contribution in [3.05, 3.63) is 64.2 Å². The summed E-state index contributed by atoms with van der Waals surface area (Å²) in [5, 5.41) is 13.9. The first kappa shape index (κ1) is 15.8. The molecule has 0 heterocycles. The molecule has 0 spiro atoms. The van der Waals surface area contributed by atoms with Gasteiger partial charge in [0.25, 0.3) is 5.69 Å². The van der Waals surface area contributed by atoms with Crippen molar-refractivity contribution in [1.82, 2.24) is 0 Å². The van der Waals surface area contributed by atoms with Crippen molar-refractivity contribution in [3.63, 3.8) is 0 Å². The lowest BCUT2D eigenvalue weighted by Gasteiger charge is -2.15. The molecule has 0 saturated carbocycles. The minimum absolute atomic E-state index is 0.0364. The van der Waals surface area contributed by atoms with Gasteiger partial charge in [-0.1, -0.05) is 24.3 Å². The number of nitrogens with one attached hydrogen (secondary N) is 1. The van der Waals surface area contributed by atoms with E-state index in [1.165, 1.54) is 6.07 Å². The molecule has 1 unspecified atom stereocenters. The average Bonchev–Trinajstić information content (AvgIpc) is 2.51. The summed E-state index contributed by atoms with van der Waals surface area (Å²) in [6, 6.07) is 13.9. The van der Waals surface area contributed by atoms with Crippen LogP contribution in [0.4, 0.5) is 11.4 Å². The van der Waals surface area contributed by atoms with E-state index in [0.717, 1.165) is 11.3 Å². The number of para-hydroxylation sites is 2. The monoisotopic (exact) mass is 301 g/mol. The fraction of sp³-hybridized carbons (Fsp3) is 0.250. The van der Waals surface area contributed by atoms with Crippen LogP contribution in [0.25, 0.3) is 0 Å². The van der Waals surface area contributed by atoms with Crippen molar-refractivity contribution in [2.24, 2.45) is 5.73 Å². The van der Waals surface area contributed by atoms with E-state index >= 15 is 0 Å². The Morgan fingerprint density at radius 2 is 2.05 bits per heavy atom. The van der Waals surface area contributed by atoms with Crippen LogP contribution >= 0.6 is 0 Å². The minimum atomic E-state index is -0.420. The van der Waals surface area contributed by atoms with Crippen LogP contribution in [0, 0.1) is 17.0 Å². The Labute approximate surface area is 129 Å². The zero-order valence-electron chi connectivity index (χ0n) is 12.4. The molecule has 6 nitrogen and oxygen atoms in total. The Balaban J connectivity index is 1.85. The number of nitrogens with two attached hydrogens (primary N) is 1. The largest absolute Gasteiger partial charge is 0.492 e. The number of ether oxygens (including phenoxy) is 1. The summed E-state index contributed by atoms with van der Waals surface area (Å²) < 4.78 is 5.62. The molecule has 0 amide bonds. The van der Waals surface area contributed by atoms with E-state index in [1.807, 2.05) is 31.2 Å². The van der Waals surface area contributed by atoms with Gasteiger partial charge in [0.1, 0.15) is 18.0 Å². The van der Waals surface area contributed by atoms with Crippen LogP contribution < -0.4 is 15.8 Å². The molecule has 116 valence electrons. The molecule has 3 N–H and O–H groups in total. The molecule has 0 radical (unpaired) electrons. The van der Waals surface area contributed by atoms with Crippen LogP contribution in [0.1, 0.15) is 5.56 Å². The molecule has 0 aromatic heterocycles. The van der Waals surface area contributed by atoms with Gasteiger partial charge in [0, 0.05) is 12.6 Å². The predicted molar refractivity (Wildman–Crippen MR) is 86.2 cm³/mol. The number of hydrogen-bond donors (Lipinski definition) is 2. The quantitative estimate of drug-likeness (QED) is 0.606. The van der Waals surface area contributed by atoms with E-state index < -0.39 is 4.92 Å². The zero-order chi connectivity index (χ0) is 15.9. The second-order valence-corrected chi connectivity index (χ2v) is 5.04. The fourth-order valence-electron chi connectivity index (χ4n) is 1.99. The Morgan fingerprint density at radius 1 is 1.27 bits per heavy atom. The van der Waals surface area contributed by atoms with E-state index in [4.69, 9.17) is 10.5 Å². The molecule has 1 atom stereocenters. The number of aryl methyl sites for hydroxylation is 1. The number of rotatable bonds is 7. The van der Waals surface area contributed by atoms with Crippen molar-refractivity contribution in [2.75, 3.05) is 18.5 Å². The smallest absolute Gasteiger partial charge is 0.292 e. The number of nitro groups is 1. The molecule has 0 fully saturated rings. The highest BCUT2D eigenvalue weighted by Crippen LogP contribution is 2.22. The molecule has 0 saturated heterocycles. The van der Waals surface area contributed by atoms with Gasteiger partial charge < -0.3 is 15.8 Å². The van der Waals surface area contributed by atoms with Crippen molar-refractivity contribution in [1.29, 1.82) is 0 Å². The topological polar surface area (TPSA) is 90.4 Å². The fourth-order valence-corrected chi connectivity index (χ4v) is 1.99. The molecule has 0 aliphatic rings. The molecule has 2 rings (SSSR count). The summed E-state index contributed by atoms with van der Waals surface area (Å²) in [5.41, 5.74) is 7.58. The predicted octanol–water partition coefficient (Wildman–Crippen LogP) is 2.72. The molecule has 0 bridgehead atoms. The molecular weight excluding hydrogens is 282 g/mol. The maximum atomic E-state index is 10.9. The first-order chi connectivity index (χ1) is 10.6. The van der Waals surface area contributed by atoms with Gasteiger partial charge in [0.2, 0.25) is 0 Å². The van der Waals surface area contributed by atoms with Crippen molar-refractivity contribution >= 4 is 11.4 Å². The SMILES string of the molecule is Cc1cccc(OCC(N)CNc2ccccc2[N+](=O)[O-])c1. The van der Waals surface area contributed by atoms with Crippen LogP contribution in [0.5, 0.6) is 5.75 Å². The summed E-state index contributed by atoms with van der Waals surface area (Å²) in [6.45, 7) is 2.70. The molecule has 6 heteroatoms. The molecule has 22 heavy (non-hydrogen) atoms. The Morgan fingerprint density at radius 3 is 2.77 bits per heavy atom. The lowest BCUT2D eigenvalue weighted by Crippen LogP contribution is -2.35. The van der Waals surface area contributed by atoms with Gasteiger partial charge in [-0.05, 0) is 30.7 Å². The van der Waals surface area contributed by atoms with Gasteiger partial charge in [0.15, 0.2) is 0 Å². The molecule has 0 aliphatic carbocycles. The van der Waals surface area contributed by atoms with Crippen molar-refractivity contribution < 1.29 is 9.66 Å². The van der Waals surface area contributed by atoms with E-state index in [2.05, 4.69) is 5.32 Å². The number of hydrogen-bond acceptors (Lipinski definition) is 5. The summed E-state index contributed by atoms with van der Waals surface area (Å²) in [6.07, 6.45) is 0. The summed E-state index contributed by atoms with van der Waals surface area (Å²) in [7, 11) is 0. The average molecular weight is 301 g/mol. The van der Waals surface area contributed by atoms with Crippen LogP contribution in [0.3, 0.4) is 0 Å². The third-order valence-corrected chi connectivity index (χ3v) is 3.11. The van der Waals surface area contributed by atoms with Gasteiger partial charge in [-0.25, -0.2) is 0 Å². The molecule has 0 aliphatic heterocycles. The highest BCUT2D eigenvalue weighted by atomic mass is 16.6. The first-order valence-electron chi connectivity index (χ1n) is 6.98. The van der Waals surface area contributed by atoms with Crippen LogP contribution in [0.15, 0.2) is 48.5 Å².